The summed E-state index contributed by atoms with van der Waals surface area (Å²) in [5.74, 6) is 2.03. The lowest BCUT2D eigenvalue weighted by Gasteiger charge is -2.28. The maximum atomic E-state index is 12.3. The van der Waals surface area contributed by atoms with Crippen LogP contribution in [-0.2, 0) is 29.7 Å². The van der Waals surface area contributed by atoms with Crippen molar-refractivity contribution in [3.8, 4) is 23.3 Å². The minimum absolute atomic E-state index is 0.0112. The van der Waals surface area contributed by atoms with E-state index in [-0.39, 0.29) is 5.75 Å². The number of benzene rings is 4. The van der Waals surface area contributed by atoms with Crippen LogP contribution in [-0.4, -0.2) is 14.2 Å². The average Bonchev–Trinajstić information content (AvgIpc) is 3.56. The molecule has 44 heavy (non-hydrogen) atoms. The van der Waals surface area contributed by atoms with Crippen molar-refractivity contribution in [1.82, 2.24) is 0 Å². The Balaban J connectivity index is 1.34. The molecule has 0 amide bonds. The van der Waals surface area contributed by atoms with Gasteiger partial charge in [-0.1, -0.05) is 36.4 Å². The van der Waals surface area contributed by atoms with Crippen LogP contribution in [0.15, 0.2) is 114 Å². The first-order valence-electron chi connectivity index (χ1n) is 14.2. The van der Waals surface area contributed by atoms with Gasteiger partial charge in [-0.3, -0.25) is 4.72 Å². The zero-order valence-electron chi connectivity index (χ0n) is 24.6. The van der Waals surface area contributed by atoms with Crippen LogP contribution in [0.25, 0.3) is 0 Å². The Morgan fingerprint density at radius 2 is 1.52 bits per heavy atom. The first kappa shape index (κ1) is 30.3. The fourth-order valence-electron chi connectivity index (χ4n) is 4.64. The molecule has 0 bridgehead atoms. The van der Waals surface area contributed by atoms with E-state index in [1.54, 1.807) is 37.6 Å². The van der Waals surface area contributed by atoms with E-state index in [0.29, 0.717) is 48.2 Å². The minimum atomic E-state index is -3.43. The topological polar surface area (TPSA) is 105 Å². The van der Waals surface area contributed by atoms with Gasteiger partial charge in [-0.15, -0.1) is 0 Å². The maximum absolute atomic E-state index is 12.3. The molecular weight excluding hydrogens is 574 g/mol. The number of nitriles is 1. The third-order valence-electron chi connectivity index (χ3n) is 7.07. The van der Waals surface area contributed by atoms with E-state index in [1.165, 1.54) is 0 Å². The highest BCUT2D eigenvalue weighted by atomic mass is 32.2. The second-order valence-electron chi connectivity index (χ2n) is 10.3. The van der Waals surface area contributed by atoms with Gasteiger partial charge in [-0.05, 0) is 85.1 Å². The number of nitrogens with one attached hydrogen (secondary N) is 1. The Kier molecular flexibility index (Phi) is 9.52. The molecule has 0 aliphatic rings. The summed E-state index contributed by atoms with van der Waals surface area (Å²) in [6.45, 7) is 5.04. The van der Waals surface area contributed by atoms with Gasteiger partial charge in [-0.25, -0.2) is 8.42 Å². The van der Waals surface area contributed by atoms with Crippen molar-refractivity contribution in [2.75, 3.05) is 15.4 Å². The molecule has 8 nitrogen and oxygen atoms in total. The second-order valence-corrected chi connectivity index (χ2v) is 12.3. The Morgan fingerprint density at radius 1 is 0.841 bits per heavy atom. The number of hydrogen-bond donors (Lipinski definition) is 1. The fourth-order valence-corrected chi connectivity index (χ4v) is 5.34. The summed E-state index contributed by atoms with van der Waals surface area (Å²) in [5, 5.41) is 9.22. The standard InChI is InChI=1S/C35H33N3O5S/c1-3-44(39,40)37-34-8-5-9-35(26(34)2)38(22-28-12-10-27(21-36)11-13-28)23-29-14-16-31(17-15-29)43-33-7-4-6-32(20-33)42-25-30-18-19-41-24-30/h4-20,24,37H,3,22-23,25H2,1-2H3. The molecule has 9 heteroatoms. The van der Waals surface area contributed by atoms with Crippen LogP contribution in [0.5, 0.6) is 17.2 Å². The summed E-state index contributed by atoms with van der Waals surface area (Å²) in [7, 11) is -3.43. The first-order chi connectivity index (χ1) is 21.3. The van der Waals surface area contributed by atoms with Gasteiger partial charge in [0.05, 0.1) is 35.6 Å². The van der Waals surface area contributed by atoms with E-state index >= 15 is 0 Å². The zero-order valence-corrected chi connectivity index (χ0v) is 25.4. The molecule has 0 aliphatic heterocycles. The lowest BCUT2D eigenvalue weighted by molar-refractivity contribution is 0.303. The fraction of sp³-hybridized carbons (Fsp3) is 0.171. The molecule has 4 aromatic carbocycles. The van der Waals surface area contributed by atoms with Crippen LogP contribution in [0.3, 0.4) is 0 Å². The summed E-state index contributed by atoms with van der Waals surface area (Å²) >= 11 is 0. The smallest absolute Gasteiger partial charge is 0.232 e. The van der Waals surface area contributed by atoms with Gasteiger partial charge in [0.25, 0.3) is 0 Å². The number of rotatable bonds is 13. The van der Waals surface area contributed by atoms with Crippen molar-refractivity contribution in [3.05, 3.63) is 137 Å². The van der Waals surface area contributed by atoms with E-state index in [4.69, 9.17) is 13.9 Å². The largest absolute Gasteiger partial charge is 0.489 e. The van der Waals surface area contributed by atoms with Crippen molar-refractivity contribution in [2.45, 2.75) is 33.5 Å². The van der Waals surface area contributed by atoms with Crippen molar-refractivity contribution in [2.24, 2.45) is 0 Å². The summed E-state index contributed by atoms with van der Waals surface area (Å²) in [6.07, 6.45) is 3.27. The van der Waals surface area contributed by atoms with Gasteiger partial charge >= 0.3 is 0 Å². The Bertz CT molecular complexity index is 1830. The predicted molar refractivity (Wildman–Crippen MR) is 171 cm³/mol. The van der Waals surface area contributed by atoms with Gasteiger partial charge in [0, 0.05) is 30.4 Å². The maximum Gasteiger partial charge on any atom is 0.232 e. The second kappa shape index (κ2) is 13.8. The van der Waals surface area contributed by atoms with E-state index in [9.17, 15) is 13.7 Å². The number of nitrogens with zero attached hydrogens (tertiary/aromatic N) is 2. The molecule has 0 radical (unpaired) electrons. The van der Waals surface area contributed by atoms with Crippen molar-refractivity contribution >= 4 is 21.4 Å². The van der Waals surface area contributed by atoms with Gasteiger partial charge < -0.3 is 18.8 Å². The van der Waals surface area contributed by atoms with Crippen molar-refractivity contribution in [1.29, 1.82) is 5.26 Å². The third kappa shape index (κ3) is 8.00. The number of anilines is 2. The molecule has 1 aromatic heterocycles. The summed E-state index contributed by atoms with van der Waals surface area (Å²) in [4.78, 5) is 2.19. The highest BCUT2D eigenvalue weighted by Gasteiger charge is 2.16. The normalized spacial score (nSPS) is 11.0. The molecule has 1 heterocycles. The van der Waals surface area contributed by atoms with E-state index in [0.717, 1.165) is 27.9 Å². The quantitative estimate of drug-likeness (QED) is 0.146. The zero-order chi connectivity index (χ0) is 30.9. The highest BCUT2D eigenvalue weighted by Crippen LogP contribution is 2.31. The summed E-state index contributed by atoms with van der Waals surface area (Å²) in [5.41, 5.74) is 5.89. The Hall–Kier alpha value is -5.20. The molecule has 0 fully saturated rings. The van der Waals surface area contributed by atoms with Crippen LogP contribution in [0.2, 0.25) is 0 Å². The summed E-state index contributed by atoms with van der Waals surface area (Å²) in [6, 6.07) is 32.5. The first-order valence-corrected chi connectivity index (χ1v) is 15.8. The van der Waals surface area contributed by atoms with Crippen LogP contribution >= 0.6 is 0 Å². The SMILES string of the molecule is CCS(=O)(=O)Nc1cccc(N(Cc2ccc(C#N)cc2)Cc2ccc(Oc3cccc(OCc4ccoc4)c3)cc2)c1C. The molecular formula is C35H33N3O5S. The van der Waals surface area contributed by atoms with Gasteiger partial charge in [-0.2, -0.15) is 5.26 Å². The molecule has 0 atom stereocenters. The number of ether oxygens (including phenoxy) is 2. The minimum Gasteiger partial charge on any atom is -0.489 e. The Morgan fingerprint density at radius 3 is 2.18 bits per heavy atom. The molecule has 5 rings (SSSR count). The molecule has 0 aliphatic carbocycles. The monoisotopic (exact) mass is 607 g/mol. The van der Waals surface area contributed by atoms with Gasteiger partial charge in [0.1, 0.15) is 23.9 Å². The van der Waals surface area contributed by atoms with E-state index in [2.05, 4.69) is 15.7 Å². The molecule has 0 unspecified atom stereocenters. The molecule has 0 spiro atoms. The van der Waals surface area contributed by atoms with Gasteiger partial charge in [0.2, 0.25) is 10.0 Å². The summed E-state index contributed by atoms with van der Waals surface area (Å²) < 4.78 is 44.4. The van der Waals surface area contributed by atoms with Crippen LogP contribution < -0.4 is 19.1 Å². The number of sulfonamides is 1. The van der Waals surface area contributed by atoms with Crippen molar-refractivity contribution in [3.63, 3.8) is 0 Å². The lowest BCUT2D eigenvalue weighted by atomic mass is 10.1. The van der Waals surface area contributed by atoms with Gasteiger partial charge in [0.15, 0.2) is 0 Å². The molecule has 1 N–H and O–H groups in total. The Labute approximate surface area is 258 Å². The highest BCUT2D eigenvalue weighted by molar-refractivity contribution is 7.92. The number of hydrogen-bond acceptors (Lipinski definition) is 7. The lowest BCUT2D eigenvalue weighted by Crippen LogP contribution is -2.24. The van der Waals surface area contributed by atoms with Crippen LogP contribution in [0.4, 0.5) is 11.4 Å². The van der Waals surface area contributed by atoms with E-state index in [1.807, 2.05) is 85.8 Å². The average molecular weight is 608 g/mol. The predicted octanol–water partition coefficient (Wildman–Crippen LogP) is 7.80. The van der Waals surface area contributed by atoms with Crippen molar-refractivity contribution < 1.29 is 22.3 Å². The van der Waals surface area contributed by atoms with E-state index < -0.39 is 10.0 Å². The van der Waals surface area contributed by atoms with Crippen LogP contribution in [0, 0.1) is 18.3 Å². The number of furan rings is 1. The van der Waals surface area contributed by atoms with Crippen LogP contribution in [0.1, 0.15) is 34.7 Å². The third-order valence-corrected chi connectivity index (χ3v) is 8.36. The molecule has 0 saturated heterocycles. The molecule has 224 valence electrons. The molecule has 0 saturated carbocycles. The molecule has 5 aromatic rings.